The molecule has 0 aliphatic heterocycles. The summed E-state index contributed by atoms with van der Waals surface area (Å²) in [5.41, 5.74) is 0.749. The molecule has 1 aromatic carbocycles. The molecule has 0 radical (unpaired) electrons. The Morgan fingerprint density at radius 2 is 2.15 bits per heavy atom. The lowest BCUT2D eigenvalue weighted by molar-refractivity contribution is -0.129. The molecular weight excluding hydrogens is 299 g/mol. The van der Waals surface area contributed by atoms with E-state index >= 15 is 0 Å². The number of rotatable bonds is 4. The third kappa shape index (κ3) is 3.71. The summed E-state index contributed by atoms with van der Waals surface area (Å²) >= 11 is 11.9. The molecule has 20 heavy (non-hydrogen) atoms. The van der Waals surface area contributed by atoms with Gasteiger partial charge in [0.15, 0.2) is 5.82 Å². The molecule has 0 spiro atoms. The van der Waals surface area contributed by atoms with Crippen molar-refractivity contribution < 1.29 is 4.79 Å². The molecule has 1 aromatic heterocycles. The van der Waals surface area contributed by atoms with Crippen LogP contribution in [0.25, 0.3) is 0 Å². The summed E-state index contributed by atoms with van der Waals surface area (Å²) in [6.07, 6.45) is 0.218. The number of H-pyrrole nitrogens is 1. The molecule has 0 bridgehead atoms. The van der Waals surface area contributed by atoms with E-state index in [1.54, 1.807) is 30.1 Å². The summed E-state index contributed by atoms with van der Waals surface area (Å²) in [6, 6.07) is 5.10. The fraction of sp³-hybridized carbons (Fsp3) is 0.308. The SMILES string of the molecule is Cc1nc(CN(C)C(=O)Cc2ccc(Cl)cc2Cl)n[nH]1. The predicted molar refractivity (Wildman–Crippen MR) is 77.8 cm³/mol. The topological polar surface area (TPSA) is 61.9 Å². The van der Waals surface area contributed by atoms with E-state index in [1.807, 2.05) is 6.92 Å². The number of amides is 1. The Labute approximate surface area is 126 Å². The fourth-order valence-corrected chi connectivity index (χ4v) is 2.20. The van der Waals surface area contributed by atoms with Crippen LogP contribution in [0.15, 0.2) is 18.2 Å². The number of aryl methyl sites for hydroxylation is 1. The number of hydrogen-bond donors (Lipinski definition) is 1. The minimum absolute atomic E-state index is 0.0586. The standard InChI is InChI=1S/C13H14Cl2N4O/c1-8-16-12(18-17-8)7-19(2)13(20)5-9-3-4-10(14)6-11(9)15/h3-4,6H,5,7H2,1-2H3,(H,16,17,18). The van der Waals surface area contributed by atoms with Crippen molar-refractivity contribution in [3.63, 3.8) is 0 Å². The minimum Gasteiger partial charge on any atom is -0.338 e. The van der Waals surface area contributed by atoms with E-state index in [9.17, 15) is 4.79 Å². The zero-order valence-electron chi connectivity index (χ0n) is 11.2. The molecule has 1 amide bonds. The second-order valence-electron chi connectivity index (χ2n) is 4.50. The molecule has 0 unspecified atom stereocenters. The average Bonchev–Trinajstić information content (AvgIpc) is 2.78. The Morgan fingerprint density at radius 3 is 2.75 bits per heavy atom. The van der Waals surface area contributed by atoms with Crippen LogP contribution < -0.4 is 0 Å². The van der Waals surface area contributed by atoms with Gasteiger partial charge < -0.3 is 4.90 Å². The van der Waals surface area contributed by atoms with Crippen LogP contribution in [0.2, 0.25) is 10.0 Å². The van der Waals surface area contributed by atoms with Gasteiger partial charge in [-0.15, -0.1) is 0 Å². The number of nitrogens with zero attached hydrogens (tertiary/aromatic N) is 3. The summed E-state index contributed by atoms with van der Waals surface area (Å²) in [4.78, 5) is 17.9. The van der Waals surface area contributed by atoms with Crippen molar-refractivity contribution in [3.8, 4) is 0 Å². The van der Waals surface area contributed by atoms with Gasteiger partial charge in [0.2, 0.25) is 5.91 Å². The smallest absolute Gasteiger partial charge is 0.227 e. The van der Waals surface area contributed by atoms with Crippen LogP contribution in [-0.4, -0.2) is 33.0 Å². The Morgan fingerprint density at radius 1 is 1.40 bits per heavy atom. The van der Waals surface area contributed by atoms with Gasteiger partial charge in [-0.05, 0) is 24.6 Å². The first-order valence-corrected chi connectivity index (χ1v) is 6.77. The van der Waals surface area contributed by atoms with Crippen molar-refractivity contribution in [2.45, 2.75) is 19.9 Å². The first-order valence-electron chi connectivity index (χ1n) is 6.01. The molecule has 0 aliphatic carbocycles. The molecule has 106 valence electrons. The lowest BCUT2D eigenvalue weighted by atomic mass is 10.1. The van der Waals surface area contributed by atoms with Gasteiger partial charge >= 0.3 is 0 Å². The van der Waals surface area contributed by atoms with Gasteiger partial charge in [-0.3, -0.25) is 9.89 Å². The maximum absolute atomic E-state index is 12.1. The Hall–Kier alpha value is -1.59. The van der Waals surface area contributed by atoms with Crippen molar-refractivity contribution in [2.24, 2.45) is 0 Å². The number of aromatic amines is 1. The number of benzene rings is 1. The minimum atomic E-state index is -0.0586. The fourth-order valence-electron chi connectivity index (χ4n) is 1.72. The monoisotopic (exact) mass is 312 g/mol. The summed E-state index contributed by atoms with van der Waals surface area (Å²) in [5, 5.41) is 7.79. The molecule has 0 aliphatic rings. The number of nitrogens with one attached hydrogen (secondary N) is 1. The number of aromatic nitrogens is 3. The van der Waals surface area contributed by atoms with Gasteiger partial charge in [-0.2, -0.15) is 5.10 Å². The molecule has 2 rings (SSSR count). The van der Waals surface area contributed by atoms with Gasteiger partial charge in [0.1, 0.15) is 5.82 Å². The predicted octanol–water partition coefficient (Wildman–Crippen LogP) is 2.62. The molecule has 0 saturated heterocycles. The van der Waals surface area contributed by atoms with E-state index < -0.39 is 0 Å². The van der Waals surface area contributed by atoms with Crippen molar-refractivity contribution >= 4 is 29.1 Å². The van der Waals surface area contributed by atoms with Crippen molar-refractivity contribution in [1.82, 2.24) is 20.1 Å². The second-order valence-corrected chi connectivity index (χ2v) is 5.34. The lowest BCUT2D eigenvalue weighted by Crippen LogP contribution is -2.28. The van der Waals surface area contributed by atoms with E-state index in [1.165, 1.54) is 0 Å². The number of likely N-dealkylation sites (N-methyl/N-ethyl adjacent to an activating group) is 1. The Balaban J connectivity index is 2.00. The van der Waals surface area contributed by atoms with Crippen molar-refractivity contribution in [2.75, 3.05) is 7.05 Å². The Bertz CT molecular complexity index is 627. The molecule has 1 heterocycles. The van der Waals surface area contributed by atoms with Crippen LogP contribution >= 0.6 is 23.2 Å². The van der Waals surface area contributed by atoms with Crippen molar-refractivity contribution in [3.05, 3.63) is 45.5 Å². The number of halogens is 2. The van der Waals surface area contributed by atoms with E-state index in [-0.39, 0.29) is 12.3 Å². The van der Waals surface area contributed by atoms with Crippen LogP contribution in [0.5, 0.6) is 0 Å². The number of carbonyl (C=O) groups excluding carboxylic acids is 1. The van der Waals surface area contributed by atoms with Crippen LogP contribution in [0, 0.1) is 6.92 Å². The van der Waals surface area contributed by atoms with E-state index in [4.69, 9.17) is 23.2 Å². The van der Waals surface area contributed by atoms with Crippen LogP contribution in [0.4, 0.5) is 0 Å². The maximum Gasteiger partial charge on any atom is 0.227 e. The highest BCUT2D eigenvalue weighted by molar-refractivity contribution is 6.35. The van der Waals surface area contributed by atoms with E-state index in [0.717, 1.165) is 11.4 Å². The van der Waals surface area contributed by atoms with Gasteiger partial charge in [0.05, 0.1) is 13.0 Å². The van der Waals surface area contributed by atoms with Crippen molar-refractivity contribution in [1.29, 1.82) is 0 Å². The summed E-state index contributed by atoms with van der Waals surface area (Å²) in [6.45, 7) is 2.17. The number of carbonyl (C=O) groups is 1. The first kappa shape index (κ1) is 14.8. The van der Waals surface area contributed by atoms with E-state index in [0.29, 0.717) is 22.4 Å². The van der Waals surface area contributed by atoms with Crippen LogP contribution in [-0.2, 0) is 17.8 Å². The van der Waals surface area contributed by atoms with Gasteiger partial charge in [-0.1, -0.05) is 29.3 Å². The van der Waals surface area contributed by atoms with E-state index in [2.05, 4.69) is 15.2 Å². The van der Waals surface area contributed by atoms with Gasteiger partial charge in [0, 0.05) is 17.1 Å². The lowest BCUT2D eigenvalue weighted by Gasteiger charge is -2.15. The largest absolute Gasteiger partial charge is 0.338 e. The quantitative estimate of drug-likeness (QED) is 0.944. The zero-order valence-corrected chi connectivity index (χ0v) is 12.7. The molecule has 1 N–H and O–H groups in total. The summed E-state index contributed by atoms with van der Waals surface area (Å²) in [5.74, 6) is 1.25. The highest BCUT2D eigenvalue weighted by atomic mass is 35.5. The van der Waals surface area contributed by atoms with Gasteiger partial charge in [0.25, 0.3) is 0 Å². The second kappa shape index (κ2) is 6.24. The Kier molecular flexibility index (Phi) is 4.62. The molecule has 0 fully saturated rings. The first-order chi connectivity index (χ1) is 9.45. The molecular formula is C13H14Cl2N4O. The van der Waals surface area contributed by atoms with Gasteiger partial charge in [-0.25, -0.2) is 4.98 Å². The maximum atomic E-state index is 12.1. The van der Waals surface area contributed by atoms with Crippen LogP contribution in [0.1, 0.15) is 17.2 Å². The van der Waals surface area contributed by atoms with Crippen LogP contribution in [0.3, 0.4) is 0 Å². The number of hydrogen-bond acceptors (Lipinski definition) is 3. The third-order valence-corrected chi connectivity index (χ3v) is 3.39. The molecule has 5 nitrogen and oxygen atoms in total. The average molecular weight is 313 g/mol. The molecule has 2 aromatic rings. The zero-order chi connectivity index (χ0) is 14.7. The molecule has 0 saturated carbocycles. The summed E-state index contributed by atoms with van der Waals surface area (Å²) in [7, 11) is 1.71. The highest BCUT2D eigenvalue weighted by Gasteiger charge is 2.14. The molecule has 0 atom stereocenters. The normalized spacial score (nSPS) is 10.6. The summed E-state index contributed by atoms with van der Waals surface area (Å²) < 4.78 is 0. The highest BCUT2D eigenvalue weighted by Crippen LogP contribution is 2.21. The molecule has 7 heteroatoms. The third-order valence-electron chi connectivity index (χ3n) is 2.80.